The molecule has 0 aromatic heterocycles. The Morgan fingerprint density at radius 3 is 2.52 bits per heavy atom. The second-order valence-corrected chi connectivity index (χ2v) is 9.54. The summed E-state index contributed by atoms with van der Waals surface area (Å²) >= 11 is 6.12. The van der Waals surface area contributed by atoms with E-state index in [-0.39, 0.29) is 16.8 Å². The fraction of sp³-hybridized carbons (Fsp3) is 0.174. The Morgan fingerprint density at radius 2 is 1.84 bits per heavy atom. The van der Waals surface area contributed by atoms with Crippen LogP contribution in [-0.4, -0.2) is 27.5 Å². The zero-order chi connectivity index (χ0) is 22.2. The topological polar surface area (TPSA) is 75.7 Å². The molecule has 0 fully saturated rings. The van der Waals surface area contributed by atoms with Gasteiger partial charge in [0.05, 0.1) is 22.7 Å². The third-order valence-electron chi connectivity index (χ3n) is 5.20. The number of sulfonamides is 1. The van der Waals surface area contributed by atoms with E-state index in [1.54, 1.807) is 66.7 Å². The van der Waals surface area contributed by atoms with Crippen molar-refractivity contribution in [2.24, 2.45) is 0 Å². The zero-order valence-electron chi connectivity index (χ0n) is 17.0. The van der Waals surface area contributed by atoms with Crippen LogP contribution < -0.4 is 14.4 Å². The van der Waals surface area contributed by atoms with Crippen LogP contribution in [0.15, 0.2) is 71.6 Å². The Bertz CT molecular complexity index is 1250. The Balaban J connectivity index is 1.60. The van der Waals surface area contributed by atoms with Gasteiger partial charge in [-0.1, -0.05) is 29.8 Å². The molecule has 6 nitrogen and oxygen atoms in total. The number of rotatable bonds is 5. The highest BCUT2D eigenvalue weighted by molar-refractivity contribution is 7.92. The zero-order valence-corrected chi connectivity index (χ0v) is 18.6. The van der Waals surface area contributed by atoms with Gasteiger partial charge in [0, 0.05) is 17.3 Å². The lowest BCUT2D eigenvalue weighted by atomic mass is 10.1. The molecule has 1 aliphatic heterocycles. The molecule has 160 valence electrons. The van der Waals surface area contributed by atoms with E-state index < -0.39 is 10.0 Å². The molecule has 4 rings (SSSR count). The molecule has 1 atom stereocenters. The molecular weight excluding hydrogens is 436 g/mol. The molecule has 1 aliphatic rings. The summed E-state index contributed by atoms with van der Waals surface area (Å²) in [6, 6.07) is 18.2. The standard InChI is InChI=1S/C23H21ClN2O4S/c1-15-12-17-13-16(23(27)25-18-9-11-22(30-2)20(24)14-18)8-10-21(17)26(15)31(28,29)19-6-4-3-5-7-19/h3-11,13-15H,12H2,1-2H3,(H,25,27)/t15-/m0/s1. The summed E-state index contributed by atoms with van der Waals surface area (Å²) in [5.74, 6) is 0.215. The highest BCUT2D eigenvalue weighted by Crippen LogP contribution is 2.37. The first-order valence-electron chi connectivity index (χ1n) is 9.68. The molecule has 3 aromatic rings. The van der Waals surface area contributed by atoms with Gasteiger partial charge in [-0.15, -0.1) is 0 Å². The van der Waals surface area contributed by atoms with Gasteiger partial charge in [-0.2, -0.15) is 0 Å². The van der Waals surface area contributed by atoms with Gasteiger partial charge in [0.15, 0.2) is 0 Å². The van der Waals surface area contributed by atoms with Crippen LogP contribution in [0.4, 0.5) is 11.4 Å². The van der Waals surface area contributed by atoms with E-state index in [2.05, 4.69) is 5.32 Å². The van der Waals surface area contributed by atoms with Crippen molar-refractivity contribution in [1.82, 2.24) is 0 Å². The highest BCUT2D eigenvalue weighted by Gasteiger charge is 2.36. The van der Waals surface area contributed by atoms with Crippen molar-refractivity contribution in [3.05, 3.63) is 82.9 Å². The van der Waals surface area contributed by atoms with Gasteiger partial charge in [0.1, 0.15) is 5.75 Å². The van der Waals surface area contributed by atoms with Gasteiger partial charge in [-0.05, 0) is 67.4 Å². The van der Waals surface area contributed by atoms with Crippen molar-refractivity contribution in [3.8, 4) is 5.75 Å². The molecule has 0 bridgehead atoms. The number of nitrogens with zero attached hydrogens (tertiary/aromatic N) is 1. The van der Waals surface area contributed by atoms with Crippen LogP contribution in [0.2, 0.25) is 5.02 Å². The Morgan fingerprint density at radius 1 is 1.10 bits per heavy atom. The molecule has 31 heavy (non-hydrogen) atoms. The lowest BCUT2D eigenvalue weighted by Gasteiger charge is -2.24. The average molecular weight is 457 g/mol. The van der Waals surface area contributed by atoms with Crippen molar-refractivity contribution in [3.63, 3.8) is 0 Å². The molecular formula is C23H21ClN2O4S. The molecule has 3 aromatic carbocycles. The maximum absolute atomic E-state index is 13.2. The van der Waals surface area contributed by atoms with Gasteiger partial charge < -0.3 is 10.1 Å². The number of fused-ring (bicyclic) bond motifs is 1. The molecule has 0 saturated heterocycles. The van der Waals surface area contributed by atoms with Crippen molar-refractivity contribution >= 4 is 38.9 Å². The van der Waals surface area contributed by atoms with Crippen LogP contribution in [0.5, 0.6) is 5.75 Å². The predicted octanol–water partition coefficient (Wildman–Crippen LogP) is 4.74. The SMILES string of the molecule is COc1ccc(NC(=O)c2ccc3c(c2)C[C@H](C)N3S(=O)(=O)c2ccccc2)cc1Cl. The summed E-state index contributed by atoms with van der Waals surface area (Å²) < 4.78 is 32.9. The minimum Gasteiger partial charge on any atom is -0.495 e. The first-order valence-corrected chi connectivity index (χ1v) is 11.5. The number of methoxy groups -OCH3 is 1. The van der Waals surface area contributed by atoms with Crippen LogP contribution in [0.1, 0.15) is 22.8 Å². The summed E-state index contributed by atoms with van der Waals surface area (Å²) in [5, 5.41) is 3.20. The van der Waals surface area contributed by atoms with Gasteiger partial charge in [0.25, 0.3) is 15.9 Å². The summed E-state index contributed by atoms with van der Waals surface area (Å²) in [6.45, 7) is 1.86. The Labute approximate surface area is 186 Å². The van der Waals surface area contributed by atoms with Crippen LogP contribution in [0.3, 0.4) is 0 Å². The number of nitrogens with one attached hydrogen (secondary N) is 1. The molecule has 1 heterocycles. The maximum atomic E-state index is 13.2. The third-order valence-corrected chi connectivity index (χ3v) is 7.44. The molecule has 0 saturated carbocycles. The van der Waals surface area contributed by atoms with Crippen LogP contribution in [0, 0.1) is 0 Å². The molecule has 0 aliphatic carbocycles. The first-order chi connectivity index (χ1) is 14.8. The summed E-state index contributed by atoms with van der Waals surface area (Å²) in [7, 11) is -2.17. The van der Waals surface area contributed by atoms with Crippen LogP contribution in [-0.2, 0) is 16.4 Å². The largest absolute Gasteiger partial charge is 0.495 e. The Kier molecular flexibility index (Phi) is 5.64. The maximum Gasteiger partial charge on any atom is 0.264 e. The predicted molar refractivity (Wildman–Crippen MR) is 122 cm³/mol. The summed E-state index contributed by atoms with van der Waals surface area (Å²) in [4.78, 5) is 13.0. The van der Waals surface area contributed by atoms with E-state index >= 15 is 0 Å². The molecule has 0 radical (unpaired) electrons. The van der Waals surface area contributed by atoms with E-state index in [0.717, 1.165) is 5.56 Å². The molecule has 8 heteroatoms. The average Bonchev–Trinajstić information content (AvgIpc) is 3.10. The van der Waals surface area contributed by atoms with Crippen LogP contribution in [0.25, 0.3) is 0 Å². The normalized spacial score (nSPS) is 15.5. The third kappa shape index (κ3) is 3.98. The van der Waals surface area contributed by atoms with E-state index in [1.807, 2.05) is 6.92 Å². The summed E-state index contributed by atoms with van der Waals surface area (Å²) in [6.07, 6.45) is 0.525. The van der Waals surface area contributed by atoms with Gasteiger partial charge in [0.2, 0.25) is 0 Å². The van der Waals surface area contributed by atoms with E-state index in [1.165, 1.54) is 11.4 Å². The summed E-state index contributed by atoms with van der Waals surface area (Å²) in [5.41, 5.74) is 2.39. The van der Waals surface area contributed by atoms with E-state index in [9.17, 15) is 13.2 Å². The van der Waals surface area contributed by atoms with Crippen LogP contribution >= 0.6 is 11.6 Å². The monoisotopic (exact) mass is 456 g/mol. The van der Waals surface area contributed by atoms with Crippen molar-refractivity contribution < 1.29 is 17.9 Å². The van der Waals surface area contributed by atoms with Gasteiger partial charge in [-0.25, -0.2) is 8.42 Å². The first kappa shape index (κ1) is 21.2. The molecule has 1 amide bonds. The van der Waals surface area contributed by atoms with Crippen molar-refractivity contribution in [2.45, 2.75) is 24.3 Å². The lowest BCUT2D eigenvalue weighted by Crippen LogP contribution is -2.35. The highest BCUT2D eigenvalue weighted by atomic mass is 35.5. The number of benzene rings is 3. The number of carbonyl (C=O) groups excluding carboxylic acids is 1. The lowest BCUT2D eigenvalue weighted by molar-refractivity contribution is 0.102. The number of hydrogen-bond acceptors (Lipinski definition) is 4. The smallest absolute Gasteiger partial charge is 0.264 e. The van der Waals surface area contributed by atoms with E-state index in [4.69, 9.17) is 16.3 Å². The number of anilines is 2. The van der Waals surface area contributed by atoms with E-state index in [0.29, 0.717) is 34.1 Å². The number of ether oxygens (including phenoxy) is 1. The molecule has 0 unspecified atom stereocenters. The van der Waals surface area contributed by atoms with Crippen molar-refractivity contribution in [2.75, 3.05) is 16.7 Å². The quantitative estimate of drug-likeness (QED) is 0.601. The minimum atomic E-state index is -3.69. The second kappa shape index (κ2) is 8.24. The fourth-order valence-corrected chi connectivity index (χ4v) is 5.73. The molecule has 1 N–H and O–H groups in total. The number of hydrogen-bond donors (Lipinski definition) is 1. The van der Waals surface area contributed by atoms with Crippen molar-refractivity contribution in [1.29, 1.82) is 0 Å². The number of halogens is 1. The number of carbonyl (C=O) groups is 1. The number of amides is 1. The van der Waals surface area contributed by atoms with Gasteiger partial charge >= 0.3 is 0 Å². The minimum absolute atomic E-state index is 0.243. The Hall–Kier alpha value is -3.03. The second-order valence-electron chi connectivity index (χ2n) is 7.31. The van der Waals surface area contributed by atoms with Gasteiger partial charge in [-0.3, -0.25) is 9.10 Å². The fourth-order valence-electron chi connectivity index (χ4n) is 3.76. The molecule has 0 spiro atoms.